The fourth-order valence-corrected chi connectivity index (χ4v) is 4.38. The van der Waals surface area contributed by atoms with Gasteiger partial charge in [0.1, 0.15) is 12.7 Å². The number of carbonyl (C=O) groups excluding carboxylic acids is 1. The molecule has 0 aliphatic carbocycles. The van der Waals surface area contributed by atoms with Gasteiger partial charge >= 0.3 is 0 Å². The zero-order valence-electron chi connectivity index (χ0n) is 13.1. The molecule has 3 rings (SSSR count). The van der Waals surface area contributed by atoms with Crippen molar-refractivity contribution in [2.24, 2.45) is 5.92 Å². The van der Waals surface area contributed by atoms with Crippen LogP contribution >= 0.6 is 11.8 Å². The van der Waals surface area contributed by atoms with Crippen LogP contribution in [0.2, 0.25) is 0 Å². The number of sulfone groups is 1. The summed E-state index contributed by atoms with van der Waals surface area (Å²) in [4.78, 5) is 16.3. The van der Waals surface area contributed by atoms with Gasteiger partial charge < -0.3 is 0 Å². The summed E-state index contributed by atoms with van der Waals surface area (Å²) in [7, 11) is -3.19. The summed E-state index contributed by atoms with van der Waals surface area (Å²) in [5.41, 5.74) is 0.875. The maximum atomic E-state index is 12.1. The van der Waals surface area contributed by atoms with Gasteiger partial charge in [-0.3, -0.25) is 9.48 Å². The Balaban J connectivity index is 1.63. The molecule has 126 valence electrons. The van der Waals surface area contributed by atoms with E-state index in [1.54, 1.807) is 35.3 Å². The number of benzene rings is 1. The van der Waals surface area contributed by atoms with Gasteiger partial charge in [0.05, 0.1) is 11.4 Å². The van der Waals surface area contributed by atoms with Gasteiger partial charge in [0.15, 0.2) is 15.0 Å². The van der Waals surface area contributed by atoms with Gasteiger partial charge in [0, 0.05) is 17.4 Å². The van der Waals surface area contributed by atoms with E-state index in [1.807, 2.05) is 12.2 Å². The van der Waals surface area contributed by atoms with Crippen molar-refractivity contribution in [1.29, 1.82) is 0 Å². The zero-order chi connectivity index (χ0) is 17.2. The number of carbonyl (C=O) groups is 1. The molecule has 0 radical (unpaired) electrons. The lowest BCUT2D eigenvalue weighted by Gasteiger charge is -2.06. The first-order valence-corrected chi connectivity index (χ1v) is 10.2. The molecular formula is C16H17N3O3S2. The Labute approximate surface area is 144 Å². The summed E-state index contributed by atoms with van der Waals surface area (Å²) < 4.78 is 24.6. The Morgan fingerprint density at radius 1 is 1.33 bits per heavy atom. The highest BCUT2D eigenvalue weighted by molar-refractivity contribution is 8.14. The van der Waals surface area contributed by atoms with Crippen LogP contribution in [0.15, 0.2) is 47.9 Å². The molecule has 2 aromatic rings. The Morgan fingerprint density at radius 2 is 2.08 bits per heavy atom. The Morgan fingerprint density at radius 3 is 2.71 bits per heavy atom. The summed E-state index contributed by atoms with van der Waals surface area (Å²) >= 11 is 1.35. The molecule has 1 aliphatic heterocycles. The van der Waals surface area contributed by atoms with Crippen molar-refractivity contribution in [2.45, 2.75) is 23.1 Å². The van der Waals surface area contributed by atoms with Gasteiger partial charge in [-0.15, -0.1) is 0 Å². The molecule has 1 aliphatic rings. The molecular weight excluding hydrogens is 346 g/mol. The third-order valence-electron chi connectivity index (χ3n) is 3.79. The molecule has 6 nitrogen and oxygen atoms in total. The summed E-state index contributed by atoms with van der Waals surface area (Å²) in [5, 5.41) is 4.42. The fourth-order valence-electron chi connectivity index (χ4n) is 2.54. The van der Waals surface area contributed by atoms with Crippen molar-refractivity contribution in [1.82, 2.24) is 14.8 Å². The maximum absolute atomic E-state index is 12.1. The van der Waals surface area contributed by atoms with Crippen LogP contribution in [0.1, 0.15) is 12.0 Å². The minimum absolute atomic E-state index is 0.127. The number of hydrogen-bond donors (Lipinski definition) is 0. The highest BCUT2D eigenvalue weighted by atomic mass is 32.2. The Bertz CT molecular complexity index is 843. The molecule has 0 N–H and O–H groups in total. The average molecular weight is 363 g/mol. The first-order chi connectivity index (χ1) is 11.4. The molecule has 1 fully saturated rings. The van der Waals surface area contributed by atoms with E-state index in [0.717, 1.165) is 12.0 Å². The highest BCUT2D eigenvalue weighted by Gasteiger charge is 2.31. The van der Waals surface area contributed by atoms with Crippen molar-refractivity contribution >= 4 is 32.8 Å². The van der Waals surface area contributed by atoms with E-state index in [2.05, 4.69) is 10.1 Å². The monoisotopic (exact) mass is 363 g/mol. The minimum Gasteiger partial charge on any atom is -0.287 e. The van der Waals surface area contributed by atoms with E-state index >= 15 is 0 Å². The van der Waals surface area contributed by atoms with Crippen LogP contribution in [0.3, 0.4) is 0 Å². The van der Waals surface area contributed by atoms with E-state index in [4.69, 9.17) is 0 Å². The molecule has 0 saturated carbocycles. The molecule has 0 amide bonds. The second kappa shape index (κ2) is 6.90. The number of hydrogen-bond acceptors (Lipinski definition) is 6. The zero-order valence-corrected chi connectivity index (χ0v) is 14.7. The molecule has 1 aromatic heterocycles. The Kier molecular flexibility index (Phi) is 4.86. The van der Waals surface area contributed by atoms with Gasteiger partial charge in [-0.05, 0) is 24.1 Å². The van der Waals surface area contributed by atoms with E-state index in [0.29, 0.717) is 11.4 Å². The number of nitrogens with zero attached hydrogens (tertiary/aromatic N) is 3. The molecule has 24 heavy (non-hydrogen) atoms. The third kappa shape index (κ3) is 4.12. The maximum Gasteiger partial charge on any atom is 0.196 e. The lowest BCUT2D eigenvalue weighted by Crippen LogP contribution is -2.11. The van der Waals surface area contributed by atoms with E-state index in [9.17, 15) is 13.2 Å². The summed E-state index contributed by atoms with van der Waals surface area (Å²) in [5.74, 6) is -0.127. The van der Waals surface area contributed by atoms with Crippen molar-refractivity contribution in [2.75, 3.05) is 6.26 Å². The predicted molar refractivity (Wildman–Crippen MR) is 93.1 cm³/mol. The quantitative estimate of drug-likeness (QED) is 0.809. The third-order valence-corrected chi connectivity index (χ3v) is 6.13. The second-order valence-corrected chi connectivity index (χ2v) is 9.04. The van der Waals surface area contributed by atoms with Crippen LogP contribution in [-0.2, 0) is 21.2 Å². The smallest absolute Gasteiger partial charge is 0.196 e. The normalized spacial score (nSPS) is 21.6. The first-order valence-electron chi connectivity index (χ1n) is 7.43. The molecule has 0 spiro atoms. The van der Waals surface area contributed by atoms with Crippen LogP contribution in [0.5, 0.6) is 0 Å². The van der Waals surface area contributed by atoms with Crippen LogP contribution in [0.4, 0.5) is 0 Å². The summed E-state index contributed by atoms with van der Waals surface area (Å²) in [6.07, 6.45) is 8.85. The number of thioether (sulfide) groups is 1. The van der Waals surface area contributed by atoms with Gasteiger partial charge in [0.25, 0.3) is 0 Å². The van der Waals surface area contributed by atoms with Crippen molar-refractivity contribution < 1.29 is 13.2 Å². The van der Waals surface area contributed by atoms with Gasteiger partial charge in [0.2, 0.25) is 0 Å². The van der Waals surface area contributed by atoms with E-state index < -0.39 is 9.84 Å². The highest BCUT2D eigenvalue weighted by Crippen LogP contribution is 2.35. The van der Waals surface area contributed by atoms with Crippen LogP contribution in [0.25, 0.3) is 6.08 Å². The molecule has 1 aromatic carbocycles. The number of allylic oxidation sites excluding steroid dienone is 1. The van der Waals surface area contributed by atoms with Crippen molar-refractivity contribution in [3.63, 3.8) is 0 Å². The van der Waals surface area contributed by atoms with Gasteiger partial charge in [-0.25, -0.2) is 13.4 Å². The van der Waals surface area contributed by atoms with E-state index in [-0.39, 0.29) is 16.3 Å². The van der Waals surface area contributed by atoms with Crippen LogP contribution < -0.4 is 0 Å². The van der Waals surface area contributed by atoms with Gasteiger partial charge in [-0.2, -0.15) is 5.10 Å². The lowest BCUT2D eigenvalue weighted by molar-refractivity contribution is -0.112. The Hall–Kier alpha value is -1.93. The summed E-state index contributed by atoms with van der Waals surface area (Å²) in [6.45, 7) is 0.670. The number of aromatic nitrogens is 3. The van der Waals surface area contributed by atoms with Crippen molar-refractivity contribution in [3.8, 4) is 0 Å². The SMILES string of the molecule is CS(=O)(=O)c1ccc(/C=C/C2CC(Cn3cncn3)SC2=O)cc1. The topological polar surface area (TPSA) is 81.9 Å². The fraction of sp³-hybridized carbons (Fsp3) is 0.312. The molecule has 0 bridgehead atoms. The molecule has 2 unspecified atom stereocenters. The molecule has 1 saturated heterocycles. The number of rotatable bonds is 5. The molecule has 2 heterocycles. The second-order valence-electron chi connectivity index (χ2n) is 5.72. The van der Waals surface area contributed by atoms with E-state index in [1.165, 1.54) is 24.3 Å². The average Bonchev–Trinajstić information content (AvgIpc) is 3.15. The van der Waals surface area contributed by atoms with Crippen molar-refractivity contribution in [3.05, 3.63) is 48.6 Å². The van der Waals surface area contributed by atoms with Gasteiger partial charge in [-0.1, -0.05) is 36.0 Å². The molecule has 8 heteroatoms. The summed E-state index contributed by atoms with van der Waals surface area (Å²) in [6, 6.07) is 6.64. The minimum atomic E-state index is -3.19. The first kappa shape index (κ1) is 16.9. The lowest BCUT2D eigenvalue weighted by atomic mass is 10.0. The standard InChI is InChI=1S/C16H17N3O3S2/c1-24(21,22)15-6-3-12(4-7-15)2-5-13-8-14(23-16(13)20)9-19-11-17-10-18-19/h2-7,10-11,13-14H,8-9H2,1H3/b5-2+. The van der Waals surface area contributed by atoms with Crippen LogP contribution in [0, 0.1) is 5.92 Å². The van der Waals surface area contributed by atoms with Crippen LogP contribution in [-0.4, -0.2) is 39.8 Å². The molecule has 2 atom stereocenters. The predicted octanol–water partition coefficient (Wildman–Crippen LogP) is 2.04. The largest absolute Gasteiger partial charge is 0.287 e.